The van der Waals surface area contributed by atoms with E-state index in [0.717, 1.165) is 15.6 Å². The fourth-order valence-corrected chi connectivity index (χ4v) is 2.27. The van der Waals surface area contributed by atoms with Gasteiger partial charge in [0.25, 0.3) is 0 Å². The topological polar surface area (TPSA) is 59.2 Å². The van der Waals surface area contributed by atoms with Crippen molar-refractivity contribution in [3.05, 3.63) is 75.8 Å². The summed E-state index contributed by atoms with van der Waals surface area (Å²) in [6, 6.07) is 15.0. The molecule has 4 nitrogen and oxygen atoms in total. The maximum atomic E-state index is 9.26. The fourth-order valence-electron chi connectivity index (χ4n) is 2.01. The van der Waals surface area contributed by atoms with Gasteiger partial charge in [-0.15, -0.1) is 0 Å². The van der Waals surface area contributed by atoms with Gasteiger partial charge in [0.2, 0.25) is 5.89 Å². The van der Waals surface area contributed by atoms with E-state index in [1.807, 2.05) is 36.4 Å². The number of aromatic nitrogens is 2. The molecule has 0 amide bonds. The van der Waals surface area contributed by atoms with Crippen LogP contribution in [0.3, 0.4) is 0 Å². The van der Waals surface area contributed by atoms with Crippen LogP contribution in [0.5, 0.6) is 5.75 Å². The third kappa shape index (κ3) is 3.70. The number of hydrogen-bond donors (Lipinski definition) is 1. The van der Waals surface area contributed by atoms with Crippen LogP contribution >= 0.6 is 15.9 Å². The first-order valence-corrected chi connectivity index (χ1v) is 7.32. The molecule has 1 heterocycles. The van der Waals surface area contributed by atoms with Crippen LogP contribution < -0.4 is 0 Å². The average Bonchev–Trinajstić information content (AvgIpc) is 2.91. The summed E-state index contributed by atoms with van der Waals surface area (Å²) in [6.45, 7) is 0. The van der Waals surface area contributed by atoms with Gasteiger partial charge >= 0.3 is 0 Å². The predicted octanol–water partition coefficient (Wildman–Crippen LogP) is 3.72. The van der Waals surface area contributed by atoms with Gasteiger partial charge in [-0.05, 0) is 35.4 Å². The summed E-state index contributed by atoms with van der Waals surface area (Å²) in [5.74, 6) is 1.50. The maximum Gasteiger partial charge on any atom is 0.231 e. The second-order valence-electron chi connectivity index (χ2n) is 4.75. The normalized spacial score (nSPS) is 10.7. The molecule has 1 N–H and O–H groups in total. The second-order valence-corrected chi connectivity index (χ2v) is 5.67. The number of rotatable bonds is 4. The minimum atomic E-state index is 0.250. The van der Waals surface area contributed by atoms with E-state index in [9.17, 15) is 5.11 Å². The molecule has 3 rings (SSSR count). The van der Waals surface area contributed by atoms with Crippen LogP contribution in [0, 0.1) is 0 Å². The molecule has 0 fully saturated rings. The SMILES string of the molecule is Oc1ccc(Cc2nc(Cc3ccc(Br)cc3)no2)cc1. The van der Waals surface area contributed by atoms with E-state index in [-0.39, 0.29) is 5.75 Å². The van der Waals surface area contributed by atoms with Crippen LogP contribution in [0.1, 0.15) is 22.8 Å². The van der Waals surface area contributed by atoms with Gasteiger partial charge in [0.1, 0.15) is 5.75 Å². The Morgan fingerprint density at radius 3 is 2.24 bits per heavy atom. The number of hydrogen-bond acceptors (Lipinski definition) is 4. The van der Waals surface area contributed by atoms with Gasteiger partial charge in [-0.2, -0.15) is 4.98 Å². The summed E-state index contributed by atoms with van der Waals surface area (Å²) in [6.07, 6.45) is 1.21. The Morgan fingerprint density at radius 1 is 0.905 bits per heavy atom. The molecule has 0 saturated carbocycles. The fraction of sp³-hybridized carbons (Fsp3) is 0.125. The number of phenols is 1. The van der Waals surface area contributed by atoms with Crippen molar-refractivity contribution in [2.24, 2.45) is 0 Å². The van der Waals surface area contributed by atoms with E-state index in [4.69, 9.17) is 4.52 Å². The Kier molecular flexibility index (Phi) is 4.01. The molecule has 0 radical (unpaired) electrons. The molecule has 1 aromatic heterocycles. The number of nitrogens with zero attached hydrogens (tertiary/aromatic N) is 2. The Labute approximate surface area is 130 Å². The van der Waals surface area contributed by atoms with E-state index in [1.165, 1.54) is 0 Å². The summed E-state index contributed by atoms with van der Waals surface area (Å²) in [7, 11) is 0. The Balaban J connectivity index is 1.68. The van der Waals surface area contributed by atoms with Gasteiger partial charge in [-0.25, -0.2) is 0 Å². The molecule has 0 saturated heterocycles. The minimum Gasteiger partial charge on any atom is -0.508 e. The molecule has 21 heavy (non-hydrogen) atoms. The summed E-state index contributed by atoms with van der Waals surface area (Å²) < 4.78 is 6.31. The van der Waals surface area contributed by atoms with Crippen molar-refractivity contribution < 1.29 is 9.63 Å². The minimum absolute atomic E-state index is 0.250. The predicted molar refractivity (Wildman–Crippen MR) is 82.2 cm³/mol. The molecular weight excluding hydrogens is 332 g/mol. The molecule has 3 aromatic rings. The summed E-state index contributed by atoms with van der Waals surface area (Å²) in [4.78, 5) is 4.39. The van der Waals surface area contributed by atoms with E-state index in [0.29, 0.717) is 24.6 Å². The van der Waals surface area contributed by atoms with Crippen molar-refractivity contribution >= 4 is 15.9 Å². The molecule has 0 bridgehead atoms. The highest BCUT2D eigenvalue weighted by Gasteiger charge is 2.08. The molecule has 0 spiro atoms. The Bertz CT molecular complexity index is 659. The van der Waals surface area contributed by atoms with Crippen molar-refractivity contribution in [2.45, 2.75) is 12.8 Å². The Morgan fingerprint density at radius 2 is 1.52 bits per heavy atom. The maximum absolute atomic E-state index is 9.26. The van der Waals surface area contributed by atoms with E-state index in [2.05, 4.69) is 26.1 Å². The second kappa shape index (κ2) is 6.10. The van der Waals surface area contributed by atoms with Gasteiger partial charge in [-0.3, -0.25) is 0 Å². The first-order valence-electron chi connectivity index (χ1n) is 6.53. The van der Waals surface area contributed by atoms with Crippen molar-refractivity contribution in [3.8, 4) is 5.75 Å². The first kappa shape index (κ1) is 13.8. The van der Waals surface area contributed by atoms with Crippen LogP contribution in [-0.2, 0) is 12.8 Å². The Hall–Kier alpha value is -2.14. The highest BCUT2D eigenvalue weighted by molar-refractivity contribution is 9.10. The van der Waals surface area contributed by atoms with E-state index >= 15 is 0 Å². The molecule has 0 aliphatic heterocycles. The zero-order chi connectivity index (χ0) is 14.7. The van der Waals surface area contributed by atoms with E-state index in [1.54, 1.807) is 12.1 Å². The number of phenolic OH excluding ortho intramolecular Hbond substituents is 1. The molecular formula is C16H13BrN2O2. The standard InChI is InChI=1S/C16H13BrN2O2/c17-13-5-1-11(2-6-13)9-15-18-16(21-19-15)10-12-3-7-14(20)8-4-12/h1-8,20H,9-10H2. The molecule has 0 atom stereocenters. The first-order chi connectivity index (χ1) is 10.2. The van der Waals surface area contributed by atoms with Gasteiger partial charge in [0.15, 0.2) is 5.82 Å². The van der Waals surface area contributed by atoms with Crippen molar-refractivity contribution in [1.82, 2.24) is 10.1 Å². The summed E-state index contributed by atoms with van der Waals surface area (Å²) >= 11 is 3.41. The lowest BCUT2D eigenvalue weighted by Gasteiger charge is -1.97. The molecule has 5 heteroatoms. The largest absolute Gasteiger partial charge is 0.508 e. The molecule has 106 valence electrons. The van der Waals surface area contributed by atoms with Gasteiger partial charge in [-0.1, -0.05) is 45.4 Å². The van der Waals surface area contributed by atoms with Crippen LogP contribution in [0.4, 0.5) is 0 Å². The lowest BCUT2D eigenvalue weighted by Crippen LogP contribution is -1.92. The summed E-state index contributed by atoms with van der Waals surface area (Å²) in [5.41, 5.74) is 2.15. The van der Waals surface area contributed by atoms with Crippen LogP contribution in [0.2, 0.25) is 0 Å². The molecule has 0 aliphatic rings. The summed E-state index contributed by atoms with van der Waals surface area (Å²) in [5, 5.41) is 13.3. The molecule has 2 aromatic carbocycles. The van der Waals surface area contributed by atoms with Crippen LogP contribution in [-0.4, -0.2) is 15.2 Å². The number of halogens is 1. The average molecular weight is 345 g/mol. The lowest BCUT2D eigenvalue weighted by molar-refractivity contribution is 0.380. The van der Waals surface area contributed by atoms with Gasteiger partial charge in [0, 0.05) is 10.9 Å². The van der Waals surface area contributed by atoms with Crippen molar-refractivity contribution in [3.63, 3.8) is 0 Å². The van der Waals surface area contributed by atoms with Crippen molar-refractivity contribution in [1.29, 1.82) is 0 Å². The number of aromatic hydroxyl groups is 1. The van der Waals surface area contributed by atoms with E-state index < -0.39 is 0 Å². The third-order valence-corrected chi connectivity index (χ3v) is 3.61. The monoisotopic (exact) mass is 344 g/mol. The number of benzene rings is 2. The van der Waals surface area contributed by atoms with Crippen LogP contribution in [0.15, 0.2) is 57.5 Å². The third-order valence-electron chi connectivity index (χ3n) is 3.08. The quantitative estimate of drug-likeness (QED) is 0.783. The lowest BCUT2D eigenvalue weighted by atomic mass is 10.1. The zero-order valence-electron chi connectivity index (χ0n) is 11.2. The van der Waals surface area contributed by atoms with Crippen LogP contribution in [0.25, 0.3) is 0 Å². The highest BCUT2D eigenvalue weighted by atomic mass is 79.9. The smallest absolute Gasteiger partial charge is 0.231 e. The van der Waals surface area contributed by atoms with Gasteiger partial charge < -0.3 is 9.63 Å². The highest BCUT2D eigenvalue weighted by Crippen LogP contribution is 2.15. The molecule has 0 aliphatic carbocycles. The zero-order valence-corrected chi connectivity index (χ0v) is 12.7. The molecule has 0 unspecified atom stereocenters. The van der Waals surface area contributed by atoms with Crippen molar-refractivity contribution in [2.75, 3.05) is 0 Å². The van der Waals surface area contributed by atoms with Gasteiger partial charge in [0.05, 0.1) is 6.42 Å².